The molecule has 0 amide bonds. The highest BCUT2D eigenvalue weighted by molar-refractivity contribution is 14.0. The lowest BCUT2D eigenvalue weighted by Gasteiger charge is -2.20. The Morgan fingerprint density at radius 1 is 1.32 bits per heavy atom. The summed E-state index contributed by atoms with van der Waals surface area (Å²) >= 11 is 0. The molecule has 1 aliphatic rings. The zero-order chi connectivity index (χ0) is 19.2. The SMILES string of the molecule is CN=C(NCCc1ccc(C)cc1C)NC1CCN(c2ncccc2F)C1.I. The van der Waals surface area contributed by atoms with E-state index < -0.39 is 0 Å². The minimum Gasteiger partial charge on any atom is -0.356 e. The number of hydrogen-bond donors (Lipinski definition) is 2. The topological polar surface area (TPSA) is 52.6 Å². The van der Waals surface area contributed by atoms with Crippen molar-refractivity contribution in [3.63, 3.8) is 0 Å². The average Bonchev–Trinajstić information content (AvgIpc) is 3.11. The number of guanidine groups is 1. The normalized spacial score (nSPS) is 16.6. The van der Waals surface area contributed by atoms with E-state index in [0.29, 0.717) is 12.4 Å². The van der Waals surface area contributed by atoms with Crippen LogP contribution in [0.15, 0.2) is 41.5 Å². The molecule has 1 aliphatic heterocycles. The maximum absolute atomic E-state index is 13.9. The van der Waals surface area contributed by atoms with E-state index in [1.807, 2.05) is 4.90 Å². The zero-order valence-corrected chi connectivity index (χ0v) is 19.0. The summed E-state index contributed by atoms with van der Waals surface area (Å²) in [5.74, 6) is 0.946. The fourth-order valence-corrected chi connectivity index (χ4v) is 3.51. The fraction of sp³-hybridized carbons (Fsp3) is 0.429. The Kier molecular flexibility index (Phi) is 8.47. The number of rotatable bonds is 5. The van der Waals surface area contributed by atoms with Gasteiger partial charge in [0.2, 0.25) is 0 Å². The Morgan fingerprint density at radius 2 is 2.14 bits per heavy atom. The van der Waals surface area contributed by atoms with Gasteiger partial charge in [0.25, 0.3) is 0 Å². The van der Waals surface area contributed by atoms with Crippen molar-refractivity contribution in [1.29, 1.82) is 0 Å². The van der Waals surface area contributed by atoms with E-state index in [1.54, 1.807) is 19.3 Å². The van der Waals surface area contributed by atoms with Gasteiger partial charge in [0, 0.05) is 38.9 Å². The molecule has 1 unspecified atom stereocenters. The molecule has 0 radical (unpaired) electrons. The fourth-order valence-electron chi connectivity index (χ4n) is 3.51. The smallest absolute Gasteiger partial charge is 0.191 e. The first-order valence-electron chi connectivity index (χ1n) is 9.45. The van der Waals surface area contributed by atoms with Crippen molar-refractivity contribution < 1.29 is 4.39 Å². The van der Waals surface area contributed by atoms with E-state index in [-0.39, 0.29) is 35.8 Å². The lowest BCUT2D eigenvalue weighted by Crippen LogP contribution is -2.45. The molecule has 0 saturated carbocycles. The minimum absolute atomic E-state index is 0. The van der Waals surface area contributed by atoms with Crippen LogP contribution in [0.1, 0.15) is 23.1 Å². The average molecular weight is 497 g/mol. The van der Waals surface area contributed by atoms with Crippen LogP contribution >= 0.6 is 24.0 Å². The Bertz CT molecular complexity index is 811. The van der Waals surface area contributed by atoms with E-state index >= 15 is 0 Å². The number of aryl methyl sites for hydroxylation is 2. The van der Waals surface area contributed by atoms with Gasteiger partial charge in [-0.2, -0.15) is 0 Å². The second kappa shape index (κ2) is 10.6. The summed E-state index contributed by atoms with van der Waals surface area (Å²) in [6.07, 6.45) is 3.50. The third-order valence-electron chi connectivity index (χ3n) is 4.98. The Morgan fingerprint density at radius 3 is 2.86 bits per heavy atom. The number of benzene rings is 1. The first-order valence-corrected chi connectivity index (χ1v) is 9.45. The molecule has 2 heterocycles. The van der Waals surface area contributed by atoms with Crippen molar-refractivity contribution in [1.82, 2.24) is 15.6 Å². The molecule has 1 aromatic heterocycles. The van der Waals surface area contributed by atoms with E-state index in [0.717, 1.165) is 31.9 Å². The van der Waals surface area contributed by atoms with Crippen LogP contribution in [-0.4, -0.2) is 43.7 Å². The molecule has 1 atom stereocenters. The summed E-state index contributed by atoms with van der Waals surface area (Å²) in [4.78, 5) is 10.5. The van der Waals surface area contributed by atoms with E-state index in [2.05, 4.69) is 52.7 Å². The second-order valence-corrected chi connectivity index (χ2v) is 7.06. The monoisotopic (exact) mass is 497 g/mol. The molecular formula is C21H29FIN5. The Hall–Kier alpha value is -1.90. The Labute approximate surface area is 183 Å². The van der Waals surface area contributed by atoms with Gasteiger partial charge in [0.1, 0.15) is 0 Å². The number of aliphatic imine (C=N–C) groups is 1. The van der Waals surface area contributed by atoms with Crippen LogP contribution in [0.3, 0.4) is 0 Å². The van der Waals surface area contributed by atoms with E-state index in [1.165, 1.54) is 22.8 Å². The van der Waals surface area contributed by atoms with Crippen LogP contribution in [-0.2, 0) is 6.42 Å². The molecule has 2 aromatic rings. The molecule has 1 fully saturated rings. The molecular weight excluding hydrogens is 468 g/mol. The largest absolute Gasteiger partial charge is 0.356 e. The summed E-state index contributed by atoms with van der Waals surface area (Å²) in [5, 5.41) is 6.83. The number of pyridine rings is 1. The molecule has 7 heteroatoms. The van der Waals surface area contributed by atoms with Crippen LogP contribution in [0.25, 0.3) is 0 Å². The third kappa shape index (κ3) is 5.80. The molecule has 0 bridgehead atoms. The van der Waals surface area contributed by atoms with Gasteiger partial charge in [0.15, 0.2) is 17.6 Å². The summed E-state index contributed by atoms with van der Waals surface area (Å²) < 4.78 is 13.9. The molecule has 0 spiro atoms. The molecule has 5 nitrogen and oxygen atoms in total. The lowest BCUT2D eigenvalue weighted by molar-refractivity contribution is 0.612. The van der Waals surface area contributed by atoms with Crippen LogP contribution in [0.4, 0.5) is 10.2 Å². The maximum Gasteiger partial charge on any atom is 0.191 e. The van der Waals surface area contributed by atoms with Crippen molar-refractivity contribution in [3.8, 4) is 0 Å². The maximum atomic E-state index is 13.9. The van der Waals surface area contributed by atoms with Crippen molar-refractivity contribution in [3.05, 3.63) is 59.0 Å². The van der Waals surface area contributed by atoms with Gasteiger partial charge < -0.3 is 15.5 Å². The number of halogens is 2. The summed E-state index contributed by atoms with van der Waals surface area (Å²) in [7, 11) is 1.78. The predicted octanol–water partition coefficient (Wildman–Crippen LogP) is 3.44. The van der Waals surface area contributed by atoms with Gasteiger partial charge in [-0.05, 0) is 49.9 Å². The third-order valence-corrected chi connectivity index (χ3v) is 4.98. The molecule has 28 heavy (non-hydrogen) atoms. The number of nitrogens with zero attached hydrogens (tertiary/aromatic N) is 3. The van der Waals surface area contributed by atoms with Crippen molar-refractivity contribution >= 4 is 35.8 Å². The Balaban J connectivity index is 0.00000280. The number of hydrogen-bond acceptors (Lipinski definition) is 3. The summed E-state index contributed by atoms with van der Waals surface area (Å²) in [5.41, 5.74) is 3.96. The van der Waals surface area contributed by atoms with Crippen LogP contribution < -0.4 is 15.5 Å². The first-order chi connectivity index (χ1) is 13.1. The molecule has 1 aromatic carbocycles. The highest BCUT2D eigenvalue weighted by Crippen LogP contribution is 2.20. The minimum atomic E-state index is -0.269. The second-order valence-electron chi connectivity index (χ2n) is 7.06. The van der Waals surface area contributed by atoms with Gasteiger partial charge in [-0.15, -0.1) is 24.0 Å². The molecule has 3 rings (SSSR count). The standard InChI is InChI=1S/C21H28FN5.HI/c1-15-6-7-17(16(2)13-15)8-11-25-21(23-3)26-18-9-12-27(14-18)20-19(22)5-4-10-24-20;/h4-7,10,13,18H,8-9,11-12,14H2,1-3H3,(H2,23,25,26);1H. The van der Waals surface area contributed by atoms with E-state index in [4.69, 9.17) is 0 Å². The summed E-state index contributed by atoms with van der Waals surface area (Å²) in [6.45, 7) is 6.58. The van der Waals surface area contributed by atoms with Crippen LogP contribution in [0, 0.1) is 19.7 Å². The summed E-state index contributed by atoms with van der Waals surface area (Å²) in [6, 6.07) is 9.85. The van der Waals surface area contributed by atoms with Gasteiger partial charge >= 0.3 is 0 Å². The lowest BCUT2D eigenvalue weighted by atomic mass is 10.0. The van der Waals surface area contributed by atoms with Crippen LogP contribution in [0.2, 0.25) is 0 Å². The molecule has 2 N–H and O–H groups in total. The highest BCUT2D eigenvalue weighted by atomic mass is 127. The van der Waals surface area contributed by atoms with Crippen molar-refractivity contribution in [2.45, 2.75) is 32.7 Å². The number of anilines is 1. The van der Waals surface area contributed by atoms with Gasteiger partial charge in [0.05, 0.1) is 0 Å². The number of aromatic nitrogens is 1. The number of nitrogens with one attached hydrogen (secondary N) is 2. The van der Waals surface area contributed by atoms with Gasteiger partial charge in [-0.3, -0.25) is 4.99 Å². The van der Waals surface area contributed by atoms with Gasteiger partial charge in [-0.1, -0.05) is 23.8 Å². The van der Waals surface area contributed by atoms with Gasteiger partial charge in [-0.25, -0.2) is 9.37 Å². The zero-order valence-electron chi connectivity index (χ0n) is 16.7. The quantitative estimate of drug-likeness (QED) is 0.378. The molecule has 0 aliphatic carbocycles. The first kappa shape index (κ1) is 22.4. The van der Waals surface area contributed by atoms with Crippen LogP contribution in [0.5, 0.6) is 0 Å². The van der Waals surface area contributed by atoms with E-state index in [9.17, 15) is 4.39 Å². The molecule has 1 saturated heterocycles. The molecule has 152 valence electrons. The highest BCUT2D eigenvalue weighted by Gasteiger charge is 2.25. The predicted molar refractivity (Wildman–Crippen MR) is 124 cm³/mol. The van der Waals surface area contributed by atoms with Crippen molar-refractivity contribution in [2.75, 3.05) is 31.6 Å². The van der Waals surface area contributed by atoms with Crippen molar-refractivity contribution in [2.24, 2.45) is 4.99 Å².